The van der Waals surface area contributed by atoms with Crippen LogP contribution in [0.1, 0.15) is 41.8 Å². The van der Waals surface area contributed by atoms with Crippen LogP contribution in [0.5, 0.6) is 5.75 Å². The molecular formula is C24H23Cl2FN6O4S2. The van der Waals surface area contributed by atoms with Crippen molar-refractivity contribution >= 4 is 61.2 Å². The van der Waals surface area contributed by atoms with E-state index in [0.717, 1.165) is 17.0 Å². The van der Waals surface area contributed by atoms with Crippen LogP contribution < -0.4 is 9.46 Å². The number of amides is 1. The summed E-state index contributed by atoms with van der Waals surface area (Å²) in [5.41, 5.74) is 0.101. The van der Waals surface area contributed by atoms with Gasteiger partial charge in [0.1, 0.15) is 22.7 Å². The van der Waals surface area contributed by atoms with Gasteiger partial charge in [-0.15, -0.1) is 0 Å². The highest BCUT2D eigenvalue weighted by molar-refractivity contribution is 7.92. The first-order valence-corrected chi connectivity index (χ1v) is 15.1. The molecule has 1 atom stereocenters. The number of pyridine rings is 1. The Balaban J connectivity index is 1.53. The molecule has 10 nitrogen and oxygen atoms in total. The lowest BCUT2D eigenvalue weighted by Crippen LogP contribution is -2.52. The largest absolute Gasteiger partial charge is 0.475 e. The summed E-state index contributed by atoms with van der Waals surface area (Å²) in [6.07, 6.45) is 1.42. The summed E-state index contributed by atoms with van der Waals surface area (Å²) in [5.74, 6) is -0.934. The van der Waals surface area contributed by atoms with Gasteiger partial charge in [-0.3, -0.25) is 9.52 Å². The Morgan fingerprint density at radius 1 is 1.23 bits per heavy atom. The minimum atomic E-state index is -3.57. The van der Waals surface area contributed by atoms with E-state index in [1.807, 2.05) is 6.92 Å². The maximum absolute atomic E-state index is 15.4. The minimum absolute atomic E-state index is 0.00382. The first-order valence-electron chi connectivity index (χ1n) is 11.7. The number of carbonyl (C=O) groups excluding carboxylic acids is 1. The van der Waals surface area contributed by atoms with Gasteiger partial charge in [-0.05, 0) is 45.0 Å². The van der Waals surface area contributed by atoms with Gasteiger partial charge in [0.2, 0.25) is 15.0 Å². The highest BCUT2D eigenvalue weighted by Crippen LogP contribution is 2.40. The number of rotatable bonds is 6. The number of imidazole rings is 1. The topological polar surface area (TPSA) is 119 Å². The third-order valence-corrected chi connectivity index (χ3v) is 7.99. The molecule has 1 unspecified atom stereocenters. The number of aryl methyl sites for hydroxylation is 1. The first-order chi connectivity index (χ1) is 18.2. The first kappa shape index (κ1) is 27.6. The maximum atomic E-state index is 15.4. The quantitative estimate of drug-likeness (QED) is 0.315. The summed E-state index contributed by atoms with van der Waals surface area (Å²) in [5, 5.41) is 5.43. The third kappa shape index (κ3) is 5.40. The van der Waals surface area contributed by atoms with Crippen molar-refractivity contribution in [2.24, 2.45) is 0 Å². The SMILES string of the molecule is Cc1nn2c3c(nc2s1)CCN(C(=O)C(C)(C)Oc1ccc(NS(C)(=O)=O)nc1Cl)C3c1ccc(Cl)cc1F. The van der Waals surface area contributed by atoms with Crippen molar-refractivity contribution in [3.8, 4) is 5.75 Å². The highest BCUT2D eigenvalue weighted by Gasteiger charge is 2.44. The van der Waals surface area contributed by atoms with Crippen molar-refractivity contribution in [1.29, 1.82) is 0 Å². The Morgan fingerprint density at radius 2 is 1.97 bits per heavy atom. The fourth-order valence-corrected chi connectivity index (χ4v) is 6.14. The van der Waals surface area contributed by atoms with Gasteiger partial charge in [0.15, 0.2) is 16.5 Å². The van der Waals surface area contributed by atoms with E-state index in [-0.39, 0.29) is 33.9 Å². The molecule has 0 saturated heterocycles. The average molecular weight is 614 g/mol. The van der Waals surface area contributed by atoms with Gasteiger partial charge in [-0.25, -0.2) is 27.3 Å². The molecule has 39 heavy (non-hydrogen) atoms. The molecule has 0 saturated carbocycles. The van der Waals surface area contributed by atoms with Crippen LogP contribution in [0.15, 0.2) is 30.3 Å². The Morgan fingerprint density at radius 3 is 2.64 bits per heavy atom. The van der Waals surface area contributed by atoms with Crippen molar-refractivity contribution in [1.82, 2.24) is 24.5 Å². The second-order valence-corrected chi connectivity index (χ2v) is 13.3. The molecule has 1 N–H and O–H groups in total. The van der Waals surface area contributed by atoms with Crippen LogP contribution >= 0.6 is 34.5 Å². The Hall–Kier alpha value is -3.00. The van der Waals surface area contributed by atoms with Crippen molar-refractivity contribution in [2.45, 2.75) is 38.8 Å². The Labute approximate surface area is 237 Å². The number of benzene rings is 1. The van der Waals surface area contributed by atoms with E-state index in [2.05, 4.69) is 14.8 Å². The number of anilines is 1. The molecule has 5 rings (SSSR count). The van der Waals surface area contributed by atoms with Gasteiger partial charge in [-0.1, -0.05) is 40.6 Å². The molecule has 0 spiro atoms. The van der Waals surface area contributed by atoms with E-state index in [4.69, 9.17) is 32.9 Å². The minimum Gasteiger partial charge on any atom is -0.475 e. The molecule has 0 fully saturated rings. The van der Waals surface area contributed by atoms with Crippen LogP contribution in [-0.2, 0) is 21.2 Å². The normalized spacial score (nSPS) is 15.9. The van der Waals surface area contributed by atoms with Crippen molar-refractivity contribution in [3.05, 3.63) is 68.3 Å². The predicted octanol–water partition coefficient (Wildman–Crippen LogP) is 4.64. The molecule has 4 aromatic rings. The second kappa shape index (κ2) is 9.88. The zero-order chi connectivity index (χ0) is 28.3. The standard InChI is InChI=1S/C24H23Cl2FN6O4S2/c1-12-30-33-20-16(28-23(33)38-12)9-10-32(19(20)14-6-5-13(25)11-15(14)27)22(34)24(2,3)37-17-7-8-18(29-21(17)26)31-39(4,35)36/h5-8,11,19H,9-10H2,1-4H3,(H,29,31). The zero-order valence-corrected chi connectivity index (χ0v) is 24.3. The number of halogens is 3. The van der Waals surface area contributed by atoms with Crippen molar-refractivity contribution in [3.63, 3.8) is 0 Å². The number of hydrogen-bond acceptors (Lipinski definition) is 8. The number of sulfonamides is 1. The monoisotopic (exact) mass is 612 g/mol. The summed E-state index contributed by atoms with van der Waals surface area (Å²) in [6.45, 7) is 5.23. The molecule has 1 aromatic carbocycles. The molecule has 206 valence electrons. The van der Waals surface area contributed by atoms with Gasteiger partial charge < -0.3 is 9.64 Å². The number of nitrogens with one attached hydrogen (secondary N) is 1. The van der Waals surface area contributed by atoms with Crippen molar-refractivity contribution < 1.29 is 22.3 Å². The highest BCUT2D eigenvalue weighted by atomic mass is 35.5. The lowest BCUT2D eigenvalue weighted by Gasteiger charge is -2.40. The van der Waals surface area contributed by atoms with Crippen LogP contribution in [0.4, 0.5) is 10.2 Å². The van der Waals surface area contributed by atoms with Gasteiger partial charge >= 0.3 is 0 Å². The van der Waals surface area contributed by atoms with Crippen LogP contribution in [0.25, 0.3) is 4.96 Å². The zero-order valence-electron chi connectivity index (χ0n) is 21.2. The van der Waals surface area contributed by atoms with Crippen LogP contribution in [0.2, 0.25) is 10.2 Å². The fourth-order valence-electron chi connectivity index (χ4n) is 4.53. The molecule has 0 aliphatic carbocycles. The van der Waals surface area contributed by atoms with Gasteiger partial charge in [-0.2, -0.15) is 5.10 Å². The molecule has 15 heteroatoms. The number of nitrogens with zero attached hydrogens (tertiary/aromatic N) is 5. The smallest absolute Gasteiger partial charge is 0.267 e. The summed E-state index contributed by atoms with van der Waals surface area (Å²) < 4.78 is 48.3. The van der Waals surface area contributed by atoms with Gasteiger partial charge in [0.25, 0.3) is 5.91 Å². The Bertz CT molecular complexity index is 1720. The van der Waals surface area contributed by atoms with Crippen LogP contribution in [0.3, 0.4) is 0 Å². The molecule has 0 radical (unpaired) electrons. The van der Waals surface area contributed by atoms with Gasteiger partial charge in [0.05, 0.1) is 17.6 Å². The number of aromatic nitrogens is 4. The molecular weight excluding hydrogens is 590 g/mol. The molecule has 1 amide bonds. The van der Waals surface area contributed by atoms with Crippen LogP contribution in [0, 0.1) is 12.7 Å². The molecule has 1 aliphatic rings. The molecule has 3 aromatic heterocycles. The lowest BCUT2D eigenvalue weighted by molar-refractivity contribution is -0.147. The maximum Gasteiger partial charge on any atom is 0.267 e. The fraction of sp³-hybridized carbons (Fsp3) is 0.333. The Kier molecular flexibility index (Phi) is 6.98. The van der Waals surface area contributed by atoms with E-state index in [0.29, 0.717) is 17.1 Å². The summed E-state index contributed by atoms with van der Waals surface area (Å²) >= 11 is 13.7. The van der Waals surface area contributed by atoms with E-state index < -0.39 is 33.4 Å². The summed E-state index contributed by atoms with van der Waals surface area (Å²) in [7, 11) is -3.57. The number of carbonyl (C=O) groups is 1. The van der Waals surface area contributed by atoms with E-state index >= 15 is 4.39 Å². The molecule has 4 heterocycles. The number of hydrogen-bond donors (Lipinski definition) is 1. The summed E-state index contributed by atoms with van der Waals surface area (Å²) in [4.78, 5) is 25.0. The lowest BCUT2D eigenvalue weighted by atomic mass is 9.93. The van der Waals surface area contributed by atoms with E-state index in [1.165, 1.54) is 29.5 Å². The molecule has 0 bridgehead atoms. The second-order valence-electron chi connectivity index (χ2n) is 9.55. The number of fused-ring (bicyclic) bond motifs is 3. The van der Waals surface area contributed by atoms with Crippen LogP contribution in [-0.4, -0.2) is 57.2 Å². The summed E-state index contributed by atoms with van der Waals surface area (Å²) in [6, 6.07) is 6.26. The predicted molar refractivity (Wildman–Crippen MR) is 147 cm³/mol. The number of ether oxygens (including phenoxy) is 1. The van der Waals surface area contributed by atoms with E-state index in [9.17, 15) is 13.2 Å². The average Bonchev–Trinajstić information content (AvgIpc) is 3.34. The third-order valence-electron chi connectivity index (χ3n) is 6.08. The molecule has 1 aliphatic heterocycles. The van der Waals surface area contributed by atoms with E-state index in [1.54, 1.807) is 35.4 Å². The van der Waals surface area contributed by atoms with Gasteiger partial charge in [0, 0.05) is 23.6 Å². The van der Waals surface area contributed by atoms with Crippen molar-refractivity contribution in [2.75, 3.05) is 17.5 Å².